The number of hydrogen-bond donors (Lipinski definition) is 1. The van der Waals surface area contributed by atoms with Gasteiger partial charge in [0.15, 0.2) is 8.32 Å². The van der Waals surface area contributed by atoms with E-state index < -0.39 is 14.1 Å². The number of benzene rings is 2. The average Bonchev–Trinajstić information content (AvgIpc) is 2.76. The van der Waals surface area contributed by atoms with Crippen LogP contribution in [-0.2, 0) is 22.3 Å². The second-order valence-electron chi connectivity index (χ2n) is 8.62. The van der Waals surface area contributed by atoms with E-state index in [1.807, 2.05) is 13.8 Å². The van der Waals surface area contributed by atoms with Gasteiger partial charge in [0.2, 0.25) is 5.79 Å². The highest BCUT2D eigenvalue weighted by atomic mass is 28.4. The van der Waals surface area contributed by atoms with Gasteiger partial charge in [-0.25, -0.2) is 0 Å². The summed E-state index contributed by atoms with van der Waals surface area (Å²) in [4.78, 5) is 0. The quantitative estimate of drug-likeness (QED) is 0.459. The molecule has 0 radical (unpaired) electrons. The topological polar surface area (TPSA) is 39.7 Å². The molecule has 1 aliphatic rings. The van der Waals surface area contributed by atoms with Crippen molar-refractivity contribution in [2.24, 2.45) is 0 Å². The van der Waals surface area contributed by atoms with Crippen LogP contribution >= 0.6 is 0 Å². The van der Waals surface area contributed by atoms with Crippen molar-refractivity contribution in [3.63, 3.8) is 0 Å². The molecule has 0 spiro atoms. The van der Waals surface area contributed by atoms with Gasteiger partial charge in [-0.1, -0.05) is 57.2 Å². The van der Waals surface area contributed by atoms with Crippen LogP contribution in [0.25, 0.3) is 0 Å². The first-order valence-electron chi connectivity index (χ1n) is 11.3. The first kappa shape index (κ1) is 23.0. The summed E-state index contributed by atoms with van der Waals surface area (Å²) in [6, 6.07) is 20.4. The summed E-state index contributed by atoms with van der Waals surface area (Å²) in [5.41, 5.74) is 3.59. The van der Waals surface area contributed by atoms with Crippen molar-refractivity contribution in [1.29, 1.82) is 0 Å². The minimum absolute atomic E-state index is 0.0282. The van der Waals surface area contributed by atoms with E-state index in [1.54, 1.807) is 0 Å². The number of nitrogens with one attached hydrogen (secondary N) is 1. The molecule has 0 fully saturated rings. The fraction of sp³-hybridized carbons (Fsp3) is 0.520. The Kier molecular flexibility index (Phi) is 7.74. The van der Waals surface area contributed by atoms with Gasteiger partial charge in [-0.3, -0.25) is 0 Å². The molecule has 1 aliphatic heterocycles. The molecule has 4 nitrogen and oxygen atoms in total. The molecule has 1 heterocycles. The van der Waals surface area contributed by atoms with Crippen molar-refractivity contribution in [2.75, 3.05) is 6.54 Å². The molecule has 5 heteroatoms. The van der Waals surface area contributed by atoms with E-state index >= 15 is 0 Å². The summed E-state index contributed by atoms with van der Waals surface area (Å²) < 4.78 is 18.8. The summed E-state index contributed by atoms with van der Waals surface area (Å²) in [6.07, 6.45) is 0.0282. The predicted octanol–water partition coefficient (Wildman–Crippen LogP) is 6.18. The van der Waals surface area contributed by atoms with Gasteiger partial charge in [-0.2, -0.15) is 0 Å². The molecule has 0 unspecified atom stereocenters. The van der Waals surface area contributed by atoms with E-state index in [0.29, 0.717) is 6.61 Å². The van der Waals surface area contributed by atoms with Gasteiger partial charge in [0.25, 0.3) is 0 Å². The molecule has 30 heavy (non-hydrogen) atoms. The fourth-order valence-electron chi connectivity index (χ4n) is 4.03. The van der Waals surface area contributed by atoms with Crippen LogP contribution < -0.4 is 10.1 Å². The Bertz CT molecular complexity index is 797. The maximum atomic E-state index is 6.94. The second-order valence-corrected chi connectivity index (χ2v) is 13.3. The third-order valence-corrected chi connectivity index (χ3v) is 10.9. The van der Waals surface area contributed by atoms with Gasteiger partial charge >= 0.3 is 0 Å². The molecule has 0 saturated carbocycles. The van der Waals surface area contributed by atoms with Crippen molar-refractivity contribution in [3.8, 4) is 5.75 Å². The summed E-state index contributed by atoms with van der Waals surface area (Å²) >= 11 is 0. The highest BCUT2D eigenvalue weighted by molar-refractivity contribution is 6.73. The van der Waals surface area contributed by atoms with Crippen molar-refractivity contribution in [1.82, 2.24) is 5.32 Å². The molecular weight excluding hydrogens is 390 g/mol. The van der Waals surface area contributed by atoms with Crippen LogP contribution in [-0.4, -0.2) is 20.6 Å². The zero-order valence-corrected chi connectivity index (χ0v) is 20.2. The summed E-state index contributed by atoms with van der Waals surface area (Å²) in [5, 5.41) is 3.62. The lowest BCUT2D eigenvalue weighted by atomic mass is 10.0. The maximum absolute atomic E-state index is 6.94. The maximum Gasteiger partial charge on any atom is 0.205 e. The molecule has 164 valence electrons. The predicted molar refractivity (Wildman–Crippen MR) is 125 cm³/mol. The van der Waals surface area contributed by atoms with E-state index in [9.17, 15) is 0 Å². The lowest BCUT2D eigenvalue weighted by Crippen LogP contribution is -2.40. The van der Waals surface area contributed by atoms with E-state index in [1.165, 1.54) is 11.1 Å². The minimum Gasteiger partial charge on any atom is -0.463 e. The van der Waals surface area contributed by atoms with Crippen LogP contribution in [0.15, 0.2) is 48.5 Å². The van der Waals surface area contributed by atoms with Gasteiger partial charge in [0.05, 0.1) is 12.7 Å². The largest absolute Gasteiger partial charge is 0.463 e. The normalized spacial score (nSPS) is 16.6. The Morgan fingerprint density at radius 2 is 1.73 bits per heavy atom. The molecule has 0 amide bonds. The standard InChI is InChI=1S/C25H37NO3Si/c1-6-30(7-2,8-3)29-24(18-26-17-20-12-10-9-11-13-20)21-14-15-23-22(16-21)19-27-25(4,5)28-23/h9-16,24,26H,6-8,17-19H2,1-5H3/t24-/m0/s1. The smallest absolute Gasteiger partial charge is 0.205 e. The monoisotopic (exact) mass is 427 g/mol. The van der Waals surface area contributed by atoms with Crippen molar-refractivity contribution in [2.45, 2.75) is 77.8 Å². The minimum atomic E-state index is -1.75. The first-order chi connectivity index (χ1) is 14.4. The van der Waals surface area contributed by atoms with E-state index in [0.717, 1.165) is 42.5 Å². The third kappa shape index (κ3) is 5.73. The van der Waals surface area contributed by atoms with Crippen LogP contribution in [0.5, 0.6) is 5.75 Å². The Morgan fingerprint density at radius 3 is 2.40 bits per heavy atom. The Hall–Kier alpha value is -1.66. The molecule has 0 bridgehead atoms. The molecule has 0 saturated heterocycles. The lowest BCUT2D eigenvalue weighted by Gasteiger charge is -2.35. The van der Waals surface area contributed by atoms with Crippen LogP contribution in [0.3, 0.4) is 0 Å². The van der Waals surface area contributed by atoms with Gasteiger partial charge < -0.3 is 19.2 Å². The molecule has 3 rings (SSSR count). The second kappa shape index (κ2) is 10.1. The average molecular weight is 428 g/mol. The molecule has 0 aromatic heterocycles. The zero-order chi connectivity index (χ0) is 21.6. The highest BCUT2D eigenvalue weighted by Gasteiger charge is 2.33. The molecular formula is C25H37NO3Si. The number of hydrogen-bond acceptors (Lipinski definition) is 4. The van der Waals surface area contributed by atoms with Crippen molar-refractivity contribution in [3.05, 3.63) is 65.2 Å². The molecule has 2 aromatic rings. The summed E-state index contributed by atoms with van der Waals surface area (Å²) in [7, 11) is -1.75. The van der Waals surface area contributed by atoms with E-state index in [2.05, 4.69) is 74.6 Å². The van der Waals surface area contributed by atoms with Crippen molar-refractivity contribution < 1.29 is 13.9 Å². The summed E-state index contributed by atoms with van der Waals surface area (Å²) in [6.45, 7) is 12.9. The molecule has 1 atom stereocenters. The number of rotatable bonds is 10. The third-order valence-electron chi connectivity index (χ3n) is 6.21. The van der Waals surface area contributed by atoms with Gasteiger partial charge in [0.1, 0.15) is 5.75 Å². The molecule has 2 aromatic carbocycles. The Balaban J connectivity index is 1.79. The van der Waals surface area contributed by atoms with Gasteiger partial charge in [-0.15, -0.1) is 0 Å². The zero-order valence-electron chi connectivity index (χ0n) is 19.2. The lowest BCUT2D eigenvalue weighted by molar-refractivity contribution is -0.180. The van der Waals surface area contributed by atoms with Crippen LogP contribution in [0.4, 0.5) is 0 Å². The Morgan fingerprint density at radius 1 is 1.03 bits per heavy atom. The summed E-state index contributed by atoms with van der Waals surface area (Å²) in [5.74, 6) is 0.340. The van der Waals surface area contributed by atoms with E-state index in [-0.39, 0.29) is 6.10 Å². The van der Waals surface area contributed by atoms with Crippen molar-refractivity contribution >= 4 is 8.32 Å². The van der Waals surface area contributed by atoms with Gasteiger partial charge in [0, 0.05) is 32.5 Å². The van der Waals surface area contributed by atoms with Crippen LogP contribution in [0.2, 0.25) is 18.1 Å². The highest BCUT2D eigenvalue weighted by Crippen LogP contribution is 2.35. The number of ether oxygens (including phenoxy) is 2. The molecule has 1 N–H and O–H groups in total. The first-order valence-corrected chi connectivity index (χ1v) is 13.8. The van der Waals surface area contributed by atoms with Gasteiger partial charge in [-0.05, 0) is 41.4 Å². The van der Waals surface area contributed by atoms with Crippen LogP contribution in [0, 0.1) is 0 Å². The van der Waals surface area contributed by atoms with Crippen LogP contribution in [0.1, 0.15) is 57.4 Å². The fourth-order valence-corrected chi connectivity index (χ4v) is 6.85. The Labute approximate surface area is 183 Å². The molecule has 0 aliphatic carbocycles. The van der Waals surface area contributed by atoms with E-state index in [4.69, 9.17) is 13.9 Å². The number of fused-ring (bicyclic) bond motifs is 1. The SMILES string of the molecule is CC[Si](CC)(CC)O[C@@H](CNCc1ccccc1)c1ccc2c(c1)COC(C)(C)O2.